The molecule has 1 aliphatic heterocycles. The monoisotopic (exact) mass is 412 g/mol. The summed E-state index contributed by atoms with van der Waals surface area (Å²) >= 11 is 3.50. The lowest BCUT2D eigenvalue weighted by Crippen LogP contribution is -2.39. The van der Waals surface area contributed by atoms with Gasteiger partial charge in [-0.05, 0) is 55.2 Å². The second-order valence-electron chi connectivity index (χ2n) is 7.24. The van der Waals surface area contributed by atoms with E-state index in [0.29, 0.717) is 6.61 Å². The molecular formula is C22H21BrO3. The number of rotatable bonds is 1. The van der Waals surface area contributed by atoms with Gasteiger partial charge in [-0.3, -0.25) is 4.79 Å². The molecule has 134 valence electrons. The lowest BCUT2D eigenvalue weighted by atomic mass is 9.94. The van der Waals surface area contributed by atoms with Crippen LogP contribution in [0.3, 0.4) is 0 Å². The molecule has 3 nitrogen and oxygen atoms in total. The van der Waals surface area contributed by atoms with Gasteiger partial charge in [-0.2, -0.15) is 0 Å². The molecule has 4 heteroatoms. The Hall–Kier alpha value is -1.75. The first-order chi connectivity index (χ1) is 12.4. The van der Waals surface area contributed by atoms with Crippen molar-refractivity contribution in [3.63, 3.8) is 0 Å². The highest BCUT2D eigenvalue weighted by atomic mass is 79.9. The Bertz CT molecular complexity index is 898. The smallest absolute Gasteiger partial charge is 0.193 e. The predicted octanol–water partition coefficient (Wildman–Crippen LogP) is 5.16. The van der Waals surface area contributed by atoms with Crippen molar-refractivity contribution < 1.29 is 14.3 Å². The first kappa shape index (κ1) is 17.7. The minimum absolute atomic E-state index is 0.0548. The molecule has 2 aromatic carbocycles. The maximum atomic E-state index is 13.4. The van der Waals surface area contributed by atoms with Crippen LogP contribution >= 0.6 is 15.9 Å². The van der Waals surface area contributed by atoms with Crippen LogP contribution in [0.4, 0.5) is 0 Å². The molecular weight excluding hydrogens is 392 g/mol. The number of carbonyl (C=O) groups excluding carboxylic acids is 1. The molecule has 2 aromatic rings. The molecule has 1 aliphatic carbocycles. The maximum Gasteiger partial charge on any atom is 0.193 e. The number of benzene rings is 2. The summed E-state index contributed by atoms with van der Waals surface area (Å²) in [5.74, 6) is -0.576. The third kappa shape index (κ3) is 3.41. The summed E-state index contributed by atoms with van der Waals surface area (Å²) < 4.78 is 12.6. The van der Waals surface area contributed by atoms with Crippen LogP contribution in [0.2, 0.25) is 0 Å². The van der Waals surface area contributed by atoms with E-state index in [4.69, 9.17) is 9.47 Å². The van der Waals surface area contributed by atoms with Gasteiger partial charge in [-0.25, -0.2) is 0 Å². The Morgan fingerprint density at radius 1 is 1.12 bits per heavy atom. The van der Waals surface area contributed by atoms with Crippen LogP contribution in [-0.4, -0.2) is 24.3 Å². The molecule has 1 fully saturated rings. The third-order valence-corrected chi connectivity index (χ3v) is 5.38. The average molecular weight is 413 g/mol. The summed E-state index contributed by atoms with van der Waals surface area (Å²) in [5.41, 5.74) is 4.70. The normalized spacial score (nSPS) is 23.3. The molecule has 1 heterocycles. The highest BCUT2D eigenvalue weighted by Crippen LogP contribution is 2.34. The van der Waals surface area contributed by atoms with Gasteiger partial charge in [0, 0.05) is 22.0 Å². The Kier molecular flexibility index (Phi) is 4.59. The lowest BCUT2D eigenvalue weighted by Gasteiger charge is -2.35. The van der Waals surface area contributed by atoms with Crippen molar-refractivity contribution in [3.8, 4) is 0 Å². The average Bonchev–Trinajstić information content (AvgIpc) is 2.70. The van der Waals surface area contributed by atoms with Gasteiger partial charge in [0.05, 0.1) is 12.7 Å². The lowest BCUT2D eigenvalue weighted by molar-refractivity contribution is -0.262. The standard InChI is InChI=1S/C22H21BrO3/c1-22(2)25-10-9-17(26-22)13-20-18-6-4-3-5-14(18)11-15-7-8-16(23)12-19(15)21(20)24/h3-8,12-13,17H,9-11H2,1-2H3/b20-13+. The molecule has 0 amide bonds. The quantitative estimate of drug-likeness (QED) is 0.606. The Labute approximate surface area is 162 Å². The van der Waals surface area contributed by atoms with Gasteiger partial charge in [-0.15, -0.1) is 0 Å². The number of Topliss-reactive ketones (excluding diaryl/α,β-unsaturated/α-hetero) is 1. The van der Waals surface area contributed by atoms with E-state index in [-0.39, 0.29) is 11.9 Å². The number of hydrogen-bond acceptors (Lipinski definition) is 3. The van der Waals surface area contributed by atoms with E-state index in [9.17, 15) is 4.79 Å². The van der Waals surface area contributed by atoms with Gasteiger partial charge in [0.15, 0.2) is 11.6 Å². The molecule has 4 rings (SSSR count). The molecule has 1 saturated heterocycles. The van der Waals surface area contributed by atoms with Crippen LogP contribution in [-0.2, 0) is 15.9 Å². The van der Waals surface area contributed by atoms with Crippen LogP contribution in [0, 0.1) is 0 Å². The molecule has 0 aromatic heterocycles. The van der Waals surface area contributed by atoms with Crippen molar-refractivity contribution in [2.45, 2.75) is 38.6 Å². The van der Waals surface area contributed by atoms with Crippen molar-refractivity contribution in [2.75, 3.05) is 6.61 Å². The zero-order valence-corrected chi connectivity index (χ0v) is 16.5. The van der Waals surface area contributed by atoms with Crippen LogP contribution in [0.15, 0.2) is 53.0 Å². The van der Waals surface area contributed by atoms with E-state index in [1.807, 2.05) is 56.3 Å². The fourth-order valence-electron chi connectivity index (χ4n) is 3.67. The van der Waals surface area contributed by atoms with Gasteiger partial charge in [0.1, 0.15) is 0 Å². The van der Waals surface area contributed by atoms with E-state index in [1.165, 1.54) is 5.56 Å². The number of carbonyl (C=O) groups is 1. The molecule has 0 radical (unpaired) electrons. The van der Waals surface area contributed by atoms with Crippen molar-refractivity contribution in [3.05, 3.63) is 75.3 Å². The first-order valence-electron chi connectivity index (χ1n) is 8.88. The van der Waals surface area contributed by atoms with Gasteiger partial charge in [0.2, 0.25) is 0 Å². The van der Waals surface area contributed by atoms with Gasteiger partial charge in [-0.1, -0.05) is 46.3 Å². The fraction of sp³-hybridized carbons (Fsp3) is 0.318. The van der Waals surface area contributed by atoms with E-state index in [2.05, 4.69) is 22.0 Å². The maximum absolute atomic E-state index is 13.4. The summed E-state index contributed by atoms with van der Waals surface area (Å²) in [5, 5.41) is 0. The molecule has 0 spiro atoms. The number of halogens is 1. The number of hydrogen-bond donors (Lipinski definition) is 0. The number of ether oxygens (including phenoxy) is 2. The van der Waals surface area contributed by atoms with Crippen LogP contribution < -0.4 is 0 Å². The second-order valence-corrected chi connectivity index (χ2v) is 8.15. The minimum atomic E-state index is -0.631. The Balaban J connectivity index is 1.84. The second kappa shape index (κ2) is 6.76. The van der Waals surface area contributed by atoms with Gasteiger partial charge < -0.3 is 9.47 Å². The SMILES string of the molecule is CC1(C)OCCC(/C=C2/C(=O)c3cc(Br)ccc3Cc3ccccc32)O1. The predicted molar refractivity (Wildman–Crippen MR) is 105 cm³/mol. The summed E-state index contributed by atoms with van der Waals surface area (Å²) in [4.78, 5) is 13.4. The van der Waals surface area contributed by atoms with Gasteiger partial charge in [0.25, 0.3) is 0 Å². The molecule has 0 saturated carbocycles. The van der Waals surface area contributed by atoms with Crippen molar-refractivity contribution in [1.82, 2.24) is 0 Å². The van der Waals surface area contributed by atoms with E-state index in [0.717, 1.165) is 39.6 Å². The topological polar surface area (TPSA) is 35.5 Å². The zero-order valence-electron chi connectivity index (χ0n) is 14.9. The largest absolute Gasteiger partial charge is 0.350 e. The number of allylic oxidation sites excluding steroid dienone is 1. The Morgan fingerprint density at radius 2 is 1.88 bits per heavy atom. The van der Waals surface area contributed by atoms with Crippen molar-refractivity contribution in [2.24, 2.45) is 0 Å². The number of fused-ring (bicyclic) bond motifs is 2. The van der Waals surface area contributed by atoms with Crippen molar-refractivity contribution >= 4 is 27.3 Å². The van der Waals surface area contributed by atoms with Crippen LogP contribution in [0.5, 0.6) is 0 Å². The first-order valence-corrected chi connectivity index (χ1v) is 9.67. The Morgan fingerprint density at radius 3 is 2.69 bits per heavy atom. The van der Waals surface area contributed by atoms with E-state index < -0.39 is 5.79 Å². The minimum Gasteiger partial charge on any atom is -0.350 e. The van der Waals surface area contributed by atoms with E-state index >= 15 is 0 Å². The molecule has 2 aliphatic rings. The van der Waals surface area contributed by atoms with Crippen LogP contribution in [0.1, 0.15) is 47.3 Å². The third-order valence-electron chi connectivity index (χ3n) is 4.89. The molecule has 1 atom stereocenters. The zero-order chi connectivity index (χ0) is 18.3. The summed E-state index contributed by atoms with van der Waals surface area (Å²) in [6.07, 6.45) is 3.34. The summed E-state index contributed by atoms with van der Waals surface area (Å²) in [6, 6.07) is 14.1. The van der Waals surface area contributed by atoms with Crippen LogP contribution in [0.25, 0.3) is 5.57 Å². The fourth-order valence-corrected chi connectivity index (χ4v) is 4.03. The highest BCUT2D eigenvalue weighted by molar-refractivity contribution is 9.10. The van der Waals surface area contributed by atoms with Crippen molar-refractivity contribution in [1.29, 1.82) is 0 Å². The van der Waals surface area contributed by atoms with Gasteiger partial charge >= 0.3 is 0 Å². The molecule has 0 N–H and O–H groups in total. The highest BCUT2D eigenvalue weighted by Gasteiger charge is 2.31. The number of ketones is 1. The summed E-state index contributed by atoms with van der Waals surface area (Å²) in [7, 11) is 0. The molecule has 26 heavy (non-hydrogen) atoms. The summed E-state index contributed by atoms with van der Waals surface area (Å²) in [6.45, 7) is 4.44. The molecule has 0 bridgehead atoms. The molecule has 1 unspecified atom stereocenters. The van der Waals surface area contributed by atoms with E-state index in [1.54, 1.807) is 0 Å².